The molecule has 0 fully saturated rings. The number of hydrogen-bond donors (Lipinski definition) is 9. The number of carbonyl (C=O) groups is 5. The molecule has 1 aliphatic carbocycles. The van der Waals surface area contributed by atoms with Crippen LogP contribution in [0.3, 0.4) is 0 Å². The summed E-state index contributed by atoms with van der Waals surface area (Å²) in [5.74, 6) is -0.379. The van der Waals surface area contributed by atoms with Crippen LogP contribution in [0.15, 0.2) is 79.0 Å². The molecule has 1 unspecified atom stereocenters. The van der Waals surface area contributed by atoms with Gasteiger partial charge in [0.1, 0.15) is 42.0 Å². The number of nitrogens with two attached hydrogens (primary N) is 3. The minimum absolute atomic E-state index is 0.000852. The monoisotopic (exact) mass is 921 g/mol. The molecule has 1 heterocycles. The number of nitrogens with one attached hydrogen (secondary N) is 5. The molecule has 0 saturated carbocycles. The van der Waals surface area contributed by atoms with Gasteiger partial charge in [0.2, 0.25) is 23.6 Å². The Morgan fingerprint density at radius 1 is 0.773 bits per heavy atom. The first kappa shape index (κ1) is 50.8. The Hall–Kier alpha value is -6.19. The Kier molecular flexibility index (Phi) is 19.6. The number of carbonyl (C=O) groups excluding carboxylic acids is 5. The van der Waals surface area contributed by atoms with Crippen molar-refractivity contribution in [2.75, 3.05) is 32.0 Å². The van der Waals surface area contributed by atoms with Gasteiger partial charge in [0.05, 0.1) is 11.9 Å². The van der Waals surface area contributed by atoms with E-state index in [2.05, 4.69) is 37.5 Å². The van der Waals surface area contributed by atoms with E-state index < -0.39 is 59.3 Å². The molecule has 0 radical (unpaired) electrons. The number of aromatic nitrogens is 1. The summed E-state index contributed by atoms with van der Waals surface area (Å²) in [6, 6.07) is 18.2. The fraction of sp³-hybridized carbons (Fsp3) is 0.429. The zero-order chi connectivity index (χ0) is 47.6. The van der Waals surface area contributed by atoms with E-state index in [0.717, 1.165) is 22.3 Å². The highest BCUT2D eigenvalue weighted by Gasteiger charge is 2.33. The average Bonchev–Trinajstić information content (AvgIpc) is 3.63. The summed E-state index contributed by atoms with van der Waals surface area (Å²) in [4.78, 5) is 73.0. The van der Waals surface area contributed by atoms with Crippen LogP contribution in [0.1, 0.15) is 86.8 Å². The number of primary amides is 1. The van der Waals surface area contributed by atoms with E-state index in [0.29, 0.717) is 55.2 Å². The summed E-state index contributed by atoms with van der Waals surface area (Å²) in [5.41, 5.74) is 22.6. The number of rotatable bonds is 26. The molecular formula is C49H63N9O7S. The summed E-state index contributed by atoms with van der Waals surface area (Å²) < 4.78 is 5.78. The first-order chi connectivity index (χ1) is 31.9. The summed E-state index contributed by atoms with van der Waals surface area (Å²) in [6.45, 7) is 4.67. The van der Waals surface area contributed by atoms with Crippen molar-refractivity contribution >= 4 is 52.4 Å². The zero-order valence-electron chi connectivity index (χ0n) is 37.6. The molecule has 1 aliphatic rings. The molecule has 4 aromatic rings. The molecule has 0 bridgehead atoms. The fourth-order valence-electron chi connectivity index (χ4n) is 8.03. The molecule has 16 nitrogen and oxygen atoms in total. The molecule has 5 amide bonds. The number of alkyl carbamates (subject to hydrolysis) is 1. The lowest BCUT2D eigenvalue weighted by Gasteiger charge is -2.28. The van der Waals surface area contributed by atoms with Crippen LogP contribution in [-0.2, 0) is 23.9 Å². The van der Waals surface area contributed by atoms with Crippen LogP contribution in [0.5, 0.6) is 5.75 Å². The third kappa shape index (κ3) is 13.9. The number of benzene rings is 3. The van der Waals surface area contributed by atoms with E-state index in [1.807, 2.05) is 62.4 Å². The van der Waals surface area contributed by atoms with E-state index in [-0.39, 0.29) is 55.8 Å². The number of amides is 5. The van der Waals surface area contributed by atoms with Crippen molar-refractivity contribution in [2.24, 2.45) is 23.1 Å². The van der Waals surface area contributed by atoms with Crippen molar-refractivity contribution < 1.29 is 33.8 Å². The van der Waals surface area contributed by atoms with Crippen LogP contribution < -0.4 is 43.8 Å². The standard InChI is InChI=1S/C49H63N9O7S/c1-4-25-54-48(36-21-22-42(59)43-35(36)18-13-26-53-43)66-29-41(47(63)56-40(44(52)60)27-30(2)3)57-45(61)38(19-9-11-23-50)55-46(62)39(20-10-12-24-51)58-49(64)65-28-37-33-16-7-5-14-31(33)32-15-6-8-17-34(32)37/h1,5-8,13-18,21-22,26,30,37-41,48,54,59H,9-12,19-20,23-25,27-29,50-51H2,2-3H3,(H2,52,60)(H,55,62)(H,56,63)(H,57,61)(H,58,64)/t38-,39-,40-,41-,48?/m0/s1. The highest BCUT2D eigenvalue weighted by Crippen LogP contribution is 2.44. The topological polar surface area (TPSA) is 266 Å². The number of thioether (sulfide) groups is 1. The molecule has 17 heteroatoms. The summed E-state index contributed by atoms with van der Waals surface area (Å²) in [7, 11) is 0. The van der Waals surface area contributed by atoms with Crippen LogP contribution in [0.25, 0.3) is 22.0 Å². The van der Waals surface area contributed by atoms with E-state index in [9.17, 15) is 29.1 Å². The van der Waals surface area contributed by atoms with Gasteiger partial charge in [-0.2, -0.15) is 0 Å². The molecule has 5 atom stereocenters. The number of nitrogens with zero attached hydrogens (tertiary/aromatic N) is 1. The lowest BCUT2D eigenvalue weighted by Crippen LogP contribution is -2.59. The smallest absolute Gasteiger partial charge is 0.407 e. The van der Waals surface area contributed by atoms with Crippen molar-refractivity contribution in [3.63, 3.8) is 0 Å². The first-order valence-corrected chi connectivity index (χ1v) is 23.5. The number of phenolic OH excluding ortho intramolecular Hbond substituents is 1. The zero-order valence-corrected chi connectivity index (χ0v) is 38.4. The van der Waals surface area contributed by atoms with Gasteiger partial charge in [0, 0.05) is 23.3 Å². The molecule has 3 aromatic carbocycles. The Bertz CT molecular complexity index is 2290. The molecular weight excluding hydrogens is 859 g/mol. The third-order valence-electron chi connectivity index (χ3n) is 11.4. The number of pyridine rings is 1. The number of phenols is 1. The second kappa shape index (κ2) is 25.5. The van der Waals surface area contributed by atoms with Crippen molar-refractivity contribution in [3.05, 3.63) is 95.7 Å². The fourth-order valence-corrected chi connectivity index (χ4v) is 9.24. The number of fused-ring (bicyclic) bond motifs is 4. The number of unbranched alkanes of at least 4 members (excludes halogenated alkanes) is 2. The Morgan fingerprint density at radius 3 is 1.94 bits per heavy atom. The van der Waals surface area contributed by atoms with Gasteiger partial charge in [-0.1, -0.05) is 80.4 Å². The van der Waals surface area contributed by atoms with Crippen molar-refractivity contribution in [1.82, 2.24) is 31.6 Å². The molecule has 0 spiro atoms. The first-order valence-electron chi connectivity index (χ1n) is 22.4. The number of terminal acetylenes is 1. The minimum Gasteiger partial charge on any atom is -0.506 e. The van der Waals surface area contributed by atoms with Crippen LogP contribution in [0.2, 0.25) is 0 Å². The summed E-state index contributed by atoms with van der Waals surface area (Å²) in [5, 5.41) is 25.0. The highest BCUT2D eigenvalue weighted by molar-refractivity contribution is 7.99. The average molecular weight is 922 g/mol. The Labute approximate surface area is 390 Å². The SMILES string of the molecule is C#CCNC(SC[C@H](NC(=O)[C@H](CCCCN)NC(=O)[C@H](CCCCN)NC(=O)OCC1c2ccccc2-c2ccccc21)C(=O)N[C@@H](CC(C)C)C(N)=O)c1ccc(O)c2ncccc12. The van der Waals surface area contributed by atoms with Gasteiger partial charge in [-0.25, -0.2) is 4.79 Å². The van der Waals surface area contributed by atoms with Crippen molar-refractivity contribution in [2.45, 2.75) is 94.3 Å². The molecule has 5 rings (SSSR count). The molecule has 0 aliphatic heterocycles. The normalized spacial score (nSPS) is 14.2. The molecule has 352 valence electrons. The lowest BCUT2D eigenvalue weighted by atomic mass is 9.98. The molecule has 0 saturated heterocycles. The van der Waals surface area contributed by atoms with Gasteiger partial charge in [0.15, 0.2) is 0 Å². The number of aromatic hydroxyl groups is 1. The highest BCUT2D eigenvalue weighted by atomic mass is 32.2. The van der Waals surface area contributed by atoms with Gasteiger partial charge >= 0.3 is 6.09 Å². The van der Waals surface area contributed by atoms with Crippen LogP contribution in [-0.4, -0.2) is 96.0 Å². The maximum atomic E-state index is 14.4. The van der Waals surface area contributed by atoms with E-state index in [1.165, 1.54) is 17.8 Å². The second-order valence-corrected chi connectivity index (χ2v) is 17.8. The lowest BCUT2D eigenvalue weighted by molar-refractivity contribution is -0.133. The predicted octanol–water partition coefficient (Wildman–Crippen LogP) is 4.05. The maximum Gasteiger partial charge on any atom is 0.407 e. The van der Waals surface area contributed by atoms with Gasteiger partial charge in [-0.3, -0.25) is 29.5 Å². The van der Waals surface area contributed by atoms with Crippen molar-refractivity contribution in [3.8, 4) is 29.2 Å². The van der Waals surface area contributed by atoms with Crippen LogP contribution in [0, 0.1) is 18.3 Å². The third-order valence-corrected chi connectivity index (χ3v) is 12.6. The van der Waals surface area contributed by atoms with Crippen molar-refractivity contribution in [1.29, 1.82) is 0 Å². The molecule has 66 heavy (non-hydrogen) atoms. The molecule has 1 aromatic heterocycles. The van der Waals surface area contributed by atoms with E-state index >= 15 is 0 Å². The Morgan fingerprint density at radius 2 is 1.35 bits per heavy atom. The maximum absolute atomic E-state index is 14.4. The van der Waals surface area contributed by atoms with Crippen LogP contribution >= 0.6 is 11.8 Å². The Balaban J connectivity index is 1.36. The minimum atomic E-state index is -1.25. The van der Waals surface area contributed by atoms with E-state index in [4.69, 9.17) is 28.4 Å². The van der Waals surface area contributed by atoms with E-state index in [1.54, 1.807) is 24.4 Å². The number of hydrogen-bond acceptors (Lipinski definition) is 12. The quantitative estimate of drug-likeness (QED) is 0.0246. The summed E-state index contributed by atoms with van der Waals surface area (Å²) >= 11 is 1.26. The number of ether oxygens (including phenoxy) is 1. The van der Waals surface area contributed by atoms with Gasteiger partial charge in [0.25, 0.3) is 0 Å². The van der Waals surface area contributed by atoms with Gasteiger partial charge in [-0.05, 0) is 104 Å². The second-order valence-electron chi connectivity index (χ2n) is 16.7. The molecule has 12 N–H and O–H groups in total. The van der Waals surface area contributed by atoms with Gasteiger partial charge in [-0.15, -0.1) is 18.2 Å². The summed E-state index contributed by atoms with van der Waals surface area (Å²) in [6.07, 6.45) is 9.13. The largest absolute Gasteiger partial charge is 0.506 e. The van der Waals surface area contributed by atoms with Crippen LogP contribution in [0.4, 0.5) is 4.79 Å². The van der Waals surface area contributed by atoms with Gasteiger partial charge < -0.3 is 48.3 Å². The predicted molar refractivity (Wildman–Crippen MR) is 258 cm³/mol.